The smallest absolute Gasteiger partial charge is 0.262 e. The van der Waals surface area contributed by atoms with Crippen LogP contribution in [0.1, 0.15) is 0 Å². The van der Waals surface area contributed by atoms with E-state index in [4.69, 9.17) is 14.2 Å². The fourth-order valence-corrected chi connectivity index (χ4v) is 1.86. The largest absolute Gasteiger partial charge is 0.493 e. The van der Waals surface area contributed by atoms with E-state index in [0.717, 1.165) is 0 Å². The minimum atomic E-state index is -0.505. The molecule has 116 valence electrons. The molecule has 1 N–H and O–H groups in total. The molecule has 0 spiro atoms. The van der Waals surface area contributed by atoms with Gasteiger partial charge < -0.3 is 19.5 Å². The number of carbonyl (C=O) groups is 1. The molecular weight excluding hydrogens is 289 g/mol. The zero-order chi connectivity index (χ0) is 15.9. The number of benzene rings is 2. The molecule has 0 aliphatic heterocycles. The zero-order valence-corrected chi connectivity index (χ0v) is 12.3. The fourth-order valence-electron chi connectivity index (χ4n) is 1.86. The van der Waals surface area contributed by atoms with Gasteiger partial charge in [-0.15, -0.1) is 0 Å². The van der Waals surface area contributed by atoms with Gasteiger partial charge in [-0.1, -0.05) is 18.2 Å². The third-order valence-electron chi connectivity index (χ3n) is 2.87. The van der Waals surface area contributed by atoms with Gasteiger partial charge in [-0.25, -0.2) is 4.39 Å². The number of para-hydroxylation sites is 2. The van der Waals surface area contributed by atoms with Crippen molar-refractivity contribution in [3.63, 3.8) is 0 Å². The Morgan fingerprint density at radius 3 is 2.45 bits per heavy atom. The molecule has 0 aliphatic rings. The SMILES string of the molecule is COc1cccc(OCC(=O)Nc2ccccc2F)c1OC. The number of hydrogen-bond acceptors (Lipinski definition) is 4. The van der Waals surface area contributed by atoms with Crippen LogP contribution >= 0.6 is 0 Å². The monoisotopic (exact) mass is 305 g/mol. The summed E-state index contributed by atoms with van der Waals surface area (Å²) >= 11 is 0. The number of hydrogen-bond donors (Lipinski definition) is 1. The van der Waals surface area contributed by atoms with Crippen LogP contribution in [0.4, 0.5) is 10.1 Å². The predicted octanol–water partition coefficient (Wildman–Crippen LogP) is 2.86. The highest BCUT2D eigenvalue weighted by atomic mass is 19.1. The maximum absolute atomic E-state index is 13.4. The Labute approximate surface area is 127 Å². The predicted molar refractivity (Wildman–Crippen MR) is 80.1 cm³/mol. The van der Waals surface area contributed by atoms with Crippen molar-refractivity contribution in [1.29, 1.82) is 0 Å². The van der Waals surface area contributed by atoms with Crippen LogP contribution in [-0.4, -0.2) is 26.7 Å². The molecule has 0 saturated carbocycles. The van der Waals surface area contributed by atoms with Gasteiger partial charge in [0.15, 0.2) is 18.1 Å². The molecule has 6 heteroatoms. The first kappa shape index (κ1) is 15.6. The van der Waals surface area contributed by atoms with Gasteiger partial charge in [0, 0.05) is 0 Å². The molecule has 1 amide bonds. The summed E-state index contributed by atoms with van der Waals surface area (Å²) in [5.41, 5.74) is 0.105. The number of rotatable bonds is 6. The minimum Gasteiger partial charge on any atom is -0.493 e. The van der Waals surface area contributed by atoms with Crippen LogP contribution in [0.15, 0.2) is 42.5 Å². The molecule has 0 heterocycles. The second-order valence-electron chi connectivity index (χ2n) is 4.31. The molecule has 0 aromatic heterocycles. The first-order valence-corrected chi connectivity index (χ1v) is 6.54. The van der Waals surface area contributed by atoms with Crippen LogP contribution in [0.3, 0.4) is 0 Å². The lowest BCUT2D eigenvalue weighted by Gasteiger charge is -2.13. The summed E-state index contributed by atoms with van der Waals surface area (Å²) in [6.07, 6.45) is 0. The Hall–Kier alpha value is -2.76. The van der Waals surface area contributed by atoms with Gasteiger partial charge in [0.2, 0.25) is 5.75 Å². The van der Waals surface area contributed by atoms with Gasteiger partial charge in [-0.3, -0.25) is 4.79 Å². The minimum absolute atomic E-state index is 0.105. The number of halogens is 1. The summed E-state index contributed by atoms with van der Waals surface area (Å²) in [7, 11) is 2.98. The molecule has 0 unspecified atom stereocenters. The number of amides is 1. The van der Waals surface area contributed by atoms with Crippen LogP contribution < -0.4 is 19.5 Å². The van der Waals surface area contributed by atoms with Gasteiger partial charge in [0.05, 0.1) is 19.9 Å². The lowest BCUT2D eigenvalue weighted by atomic mass is 10.3. The fraction of sp³-hybridized carbons (Fsp3) is 0.188. The molecule has 0 saturated heterocycles. The van der Waals surface area contributed by atoms with E-state index in [2.05, 4.69) is 5.32 Å². The summed E-state index contributed by atoms with van der Waals surface area (Å²) in [5.74, 6) is 0.272. The molecule has 0 fully saturated rings. The lowest BCUT2D eigenvalue weighted by molar-refractivity contribution is -0.118. The van der Waals surface area contributed by atoms with Gasteiger partial charge >= 0.3 is 0 Å². The van der Waals surface area contributed by atoms with Crippen molar-refractivity contribution in [2.45, 2.75) is 0 Å². The van der Waals surface area contributed by atoms with Gasteiger partial charge in [-0.2, -0.15) is 0 Å². The first-order valence-electron chi connectivity index (χ1n) is 6.54. The number of nitrogens with one attached hydrogen (secondary N) is 1. The van der Waals surface area contributed by atoms with Crippen molar-refractivity contribution >= 4 is 11.6 Å². The summed E-state index contributed by atoms with van der Waals surface area (Å²) in [4.78, 5) is 11.8. The van der Waals surface area contributed by atoms with Crippen LogP contribution in [0.5, 0.6) is 17.2 Å². The Kier molecular flexibility index (Phi) is 5.19. The molecule has 2 rings (SSSR count). The van der Waals surface area contributed by atoms with Crippen LogP contribution in [0.25, 0.3) is 0 Å². The summed E-state index contributed by atoms with van der Waals surface area (Å²) in [6.45, 7) is -0.280. The molecule has 0 bridgehead atoms. The lowest BCUT2D eigenvalue weighted by Crippen LogP contribution is -2.21. The average Bonchev–Trinajstić information content (AvgIpc) is 2.54. The van der Waals surface area contributed by atoms with E-state index in [-0.39, 0.29) is 12.3 Å². The van der Waals surface area contributed by atoms with E-state index in [1.165, 1.54) is 26.4 Å². The molecule has 0 aliphatic carbocycles. The van der Waals surface area contributed by atoms with Gasteiger partial charge in [0.25, 0.3) is 5.91 Å². The summed E-state index contributed by atoms with van der Waals surface area (Å²) < 4.78 is 29.2. The van der Waals surface area contributed by atoms with E-state index in [0.29, 0.717) is 17.2 Å². The highest BCUT2D eigenvalue weighted by Crippen LogP contribution is 2.36. The Bertz CT molecular complexity index is 660. The Balaban J connectivity index is 2.01. The maximum Gasteiger partial charge on any atom is 0.262 e. The van der Waals surface area contributed by atoms with E-state index >= 15 is 0 Å². The van der Waals surface area contributed by atoms with Crippen LogP contribution in [0.2, 0.25) is 0 Å². The van der Waals surface area contributed by atoms with Crippen molar-refractivity contribution in [2.24, 2.45) is 0 Å². The first-order chi connectivity index (χ1) is 10.7. The van der Waals surface area contributed by atoms with Crippen molar-refractivity contribution in [3.05, 3.63) is 48.3 Å². The second kappa shape index (κ2) is 7.31. The third kappa shape index (κ3) is 3.66. The molecule has 5 nitrogen and oxygen atoms in total. The third-order valence-corrected chi connectivity index (χ3v) is 2.87. The van der Waals surface area contributed by atoms with Crippen LogP contribution in [-0.2, 0) is 4.79 Å². The highest BCUT2D eigenvalue weighted by Gasteiger charge is 2.13. The van der Waals surface area contributed by atoms with Crippen molar-refractivity contribution in [1.82, 2.24) is 0 Å². The van der Waals surface area contributed by atoms with E-state index in [1.54, 1.807) is 30.3 Å². The van der Waals surface area contributed by atoms with Crippen molar-refractivity contribution in [2.75, 3.05) is 26.1 Å². The van der Waals surface area contributed by atoms with Crippen molar-refractivity contribution in [3.8, 4) is 17.2 Å². The molecule has 2 aromatic rings. The van der Waals surface area contributed by atoms with E-state index in [9.17, 15) is 9.18 Å². The second-order valence-corrected chi connectivity index (χ2v) is 4.31. The number of methoxy groups -OCH3 is 2. The van der Waals surface area contributed by atoms with E-state index < -0.39 is 11.7 Å². The zero-order valence-electron chi connectivity index (χ0n) is 12.3. The topological polar surface area (TPSA) is 56.8 Å². The van der Waals surface area contributed by atoms with Gasteiger partial charge in [0.1, 0.15) is 5.82 Å². The highest BCUT2D eigenvalue weighted by molar-refractivity contribution is 5.92. The van der Waals surface area contributed by atoms with E-state index in [1.807, 2.05) is 0 Å². The van der Waals surface area contributed by atoms with Gasteiger partial charge in [-0.05, 0) is 24.3 Å². The average molecular weight is 305 g/mol. The van der Waals surface area contributed by atoms with Crippen LogP contribution in [0, 0.1) is 5.82 Å². The quantitative estimate of drug-likeness (QED) is 0.891. The molecule has 22 heavy (non-hydrogen) atoms. The molecule has 2 aromatic carbocycles. The normalized spacial score (nSPS) is 9.95. The number of anilines is 1. The molecule has 0 atom stereocenters. The summed E-state index contributed by atoms with van der Waals surface area (Å²) in [5, 5.41) is 2.44. The number of ether oxygens (including phenoxy) is 3. The molecule has 0 radical (unpaired) electrons. The maximum atomic E-state index is 13.4. The summed E-state index contributed by atoms with van der Waals surface area (Å²) in [6, 6.07) is 11.0. The van der Waals surface area contributed by atoms with Crippen molar-refractivity contribution < 1.29 is 23.4 Å². The number of carbonyl (C=O) groups excluding carboxylic acids is 1. The molecular formula is C16H16FNO4. The Morgan fingerprint density at radius 1 is 1.05 bits per heavy atom. The standard InChI is InChI=1S/C16H16FNO4/c1-20-13-8-5-9-14(16(13)21-2)22-10-15(19)18-12-7-4-3-6-11(12)17/h3-9H,10H2,1-2H3,(H,18,19). The Morgan fingerprint density at radius 2 is 1.77 bits per heavy atom.